The van der Waals surface area contributed by atoms with Gasteiger partial charge in [-0.3, -0.25) is 0 Å². The first-order chi connectivity index (χ1) is 9.15. The minimum atomic E-state index is 0.510. The third-order valence-electron chi connectivity index (χ3n) is 3.89. The van der Waals surface area contributed by atoms with Gasteiger partial charge in [-0.2, -0.15) is 0 Å². The molecule has 106 valence electrons. The molecule has 1 aromatic carbocycles. The van der Waals surface area contributed by atoms with Crippen LogP contribution in [0.1, 0.15) is 44.6 Å². The van der Waals surface area contributed by atoms with Gasteiger partial charge in [0.2, 0.25) is 0 Å². The third kappa shape index (κ3) is 4.81. The number of hydrogen-bond donors (Lipinski definition) is 2. The Balaban J connectivity index is 1.87. The smallest absolute Gasteiger partial charge is 0.0372 e. The van der Waals surface area contributed by atoms with Gasteiger partial charge < -0.3 is 10.6 Å². The van der Waals surface area contributed by atoms with E-state index in [2.05, 4.69) is 58.6 Å². The molecular weight excluding hydrogens is 300 g/mol. The van der Waals surface area contributed by atoms with Gasteiger partial charge in [0.15, 0.2) is 0 Å². The summed E-state index contributed by atoms with van der Waals surface area (Å²) in [6, 6.07) is 7.62. The van der Waals surface area contributed by atoms with Crippen molar-refractivity contribution in [3.63, 3.8) is 0 Å². The summed E-state index contributed by atoms with van der Waals surface area (Å²) < 4.78 is 1.15. The standard InChI is InChI=1S/C16H25BrN2/c1-12-10-14(17)7-8-16(12)19-13(2)11-15-6-4-3-5-9-18-15/h7-8,10,13,15,18-19H,3-6,9,11H2,1-2H3. The van der Waals surface area contributed by atoms with E-state index < -0.39 is 0 Å². The van der Waals surface area contributed by atoms with E-state index in [1.165, 1.54) is 49.9 Å². The predicted molar refractivity (Wildman–Crippen MR) is 86.8 cm³/mol. The van der Waals surface area contributed by atoms with Crippen molar-refractivity contribution in [3.8, 4) is 0 Å². The molecule has 3 heteroatoms. The van der Waals surface area contributed by atoms with E-state index in [1.54, 1.807) is 0 Å². The molecule has 19 heavy (non-hydrogen) atoms. The van der Waals surface area contributed by atoms with Crippen LogP contribution in [0.5, 0.6) is 0 Å². The summed E-state index contributed by atoms with van der Waals surface area (Å²) in [5.74, 6) is 0. The second-order valence-corrected chi connectivity index (χ2v) is 6.66. The molecule has 0 aromatic heterocycles. The lowest BCUT2D eigenvalue weighted by atomic mass is 10.0. The van der Waals surface area contributed by atoms with Crippen LogP contribution in [0.15, 0.2) is 22.7 Å². The molecule has 2 atom stereocenters. The van der Waals surface area contributed by atoms with Crippen LogP contribution in [0.2, 0.25) is 0 Å². The summed E-state index contributed by atoms with van der Waals surface area (Å²) in [6.45, 7) is 5.63. The lowest BCUT2D eigenvalue weighted by Gasteiger charge is -2.23. The number of halogens is 1. The number of nitrogens with one attached hydrogen (secondary N) is 2. The van der Waals surface area contributed by atoms with Crippen LogP contribution >= 0.6 is 15.9 Å². The Morgan fingerprint density at radius 2 is 2.21 bits per heavy atom. The van der Waals surface area contributed by atoms with Gasteiger partial charge in [0.25, 0.3) is 0 Å². The Labute approximate surface area is 125 Å². The molecular formula is C16H25BrN2. The molecule has 0 aliphatic carbocycles. The number of anilines is 1. The zero-order chi connectivity index (χ0) is 13.7. The van der Waals surface area contributed by atoms with E-state index in [-0.39, 0.29) is 0 Å². The molecule has 0 radical (unpaired) electrons. The van der Waals surface area contributed by atoms with E-state index in [0.29, 0.717) is 12.1 Å². The Bertz CT molecular complexity index is 398. The van der Waals surface area contributed by atoms with Crippen LogP contribution in [0.25, 0.3) is 0 Å². The molecule has 1 aliphatic heterocycles. The van der Waals surface area contributed by atoms with E-state index in [0.717, 1.165) is 4.47 Å². The van der Waals surface area contributed by atoms with Gasteiger partial charge >= 0.3 is 0 Å². The van der Waals surface area contributed by atoms with E-state index >= 15 is 0 Å². The van der Waals surface area contributed by atoms with Crippen molar-refractivity contribution >= 4 is 21.6 Å². The maximum atomic E-state index is 3.67. The van der Waals surface area contributed by atoms with Crippen LogP contribution in [-0.2, 0) is 0 Å². The van der Waals surface area contributed by atoms with Crippen molar-refractivity contribution in [2.24, 2.45) is 0 Å². The molecule has 1 aliphatic rings. The molecule has 1 aromatic rings. The van der Waals surface area contributed by atoms with Gasteiger partial charge in [-0.25, -0.2) is 0 Å². The fraction of sp³-hybridized carbons (Fsp3) is 0.625. The summed E-state index contributed by atoms with van der Waals surface area (Å²) in [6.07, 6.45) is 6.63. The fourth-order valence-electron chi connectivity index (χ4n) is 2.84. The largest absolute Gasteiger partial charge is 0.382 e. The minimum absolute atomic E-state index is 0.510. The second kappa shape index (κ2) is 7.30. The number of hydrogen-bond acceptors (Lipinski definition) is 2. The summed E-state index contributed by atoms with van der Waals surface area (Å²) in [5.41, 5.74) is 2.55. The normalized spacial score (nSPS) is 21.7. The fourth-order valence-corrected chi connectivity index (χ4v) is 3.32. The molecule has 2 unspecified atom stereocenters. The van der Waals surface area contributed by atoms with Crippen LogP contribution in [-0.4, -0.2) is 18.6 Å². The topological polar surface area (TPSA) is 24.1 Å². The number of aryl methyl sites for hydroxylation is 1. The highest BCUT2D eigenvalue weighted by molar-refractivity contribution is 9.10. The first-order valence-corrected chi connectivity index (χ1v) is 8.20. The van der Waals surface area contributed by atoms with Gasteiger partial charge in [-0.05, 0) is 63.4 Å². The van der Waals surface area contributed by atoms with Crippen LogP contribution in [0.4, 0.5) is 5.69 Å². The van der Waals surface area contributed by atoms with Crippen molar-refractivity contribution in [2.75, 3.05) is 11.9 Å². The molecule has 2 rings (SSSR count). The first-order valence-electron chi connectivity index (χ1n) is 7.41. The predicted octanol–water partition coefficient (Wildman–Crippen LogP) is 4.48. The SMILES string of the molecule is Cc1cc(Br)ccc1NC(C)CC1CCCCCN1. The van der Waals surface area contributed by atoms with Gasteiger partial charge in [0.1, 0.15) is 0 Å². The monoisotopic (exact) mass is 324 g/mol. The van der Waals surface area contributed by atoms with Gasteiger partial charge in [0.05, 0.1) is 0 Å². The van der Waals surface area contributed by atoms with Gasteiger partial charge in [0, 0.05) is 22.2 Å². The second-order valence-electron chi connectivity index (χ2n) is 5.74. The van der Waals surface area contributed by atoms with Crippen LogP contribution in [0, 0.1) is 6.92 Å². The molecule has 0 saturated carbocycles. The van der Waals surface area contributed by atoms with Gasteiger partial charge in [-0.1, -0.05) is 28.8 Å². The number of benzene rings is 1. The summed E-state index contributed by atoms with van der Waals surface area (Å²) >= 11 is 3.51. The van der Waals surface area contributed by atoms with Crippen LogP contribution < -0.4 is 10.6 Å². The van der Waals surface area contributed by atoms with Crippen molar-refractivity contribution in [2.45, 2.75) is 58.0 Å². The zero-order valence-electron chi connectivity index (χ0n) is 12.0. The van der Waals surface area contributed by atoms with E-state index in [9.17, 15) is 0 Å². The van der Waals surface area contributed by atoms with E-state index in [4.69, 9.17) is 0 Å². The highest BCUT2D eigenvalue weighted by atomic mass is 79.9. The number of rotatable bonds is 4. The minimum Gasteiger partial charge on any atom is -0.382 e. The maximum absolute atomic E-state index is 3.67. The molecule has 1 saturated heterocycles. The van der Waals surface area contributed by atoms with Crippen molar-refractivity contribution in [1.29, 1.82) is 0 Å². The highest BCUT2D eigenvalue weighted by Gasteiger charge is 2.15. The Morgan fingerprint density at radius 1 is 1.37 bits per heavy atom. The molecule has 2 nitrogen and oxygen atoms in total. The molecule has 0 spiro atoms. The Kier molecular flexibility index (Phi) is 5.71. The lowest BCUT2D eigenvalue weighted by Crippen LogP contribution is -2.33. The van der Waals surface area contributed by atoms with Crippen molar-refractivity contribution in [1.82, 2.24) is 5.32 Å². The average molecular weight is 325 g/mol. The molecule has 0 amide bonds. The summed E-state index contributed by atoms with van der Waals surface area (Å²) in [4.78, 5) is 0. The molecule has 1 heterocycles. The molecule has 0 bridgehead atoms. The maximum Gasteiger partial charge on any atom is 0.0372 e. The van der Waals surface area contributed by atoms with E-state index in [1.807, 2.05) is 0 Å². The molecule has 1 fully saturated rings. The zero-order valence-corrected chi connectivity index (χ0v) is 13.6. The van der Waals surface area contributed by atoms with Crippen LogP contribution in [0.3, 0.4) is 0 Å². The molecule has 2 N–H and O–H groups in total. The quantitative estimate of drug-likeness (QED) is 0.853. The Morgan fingerprint density at radius 3 is 3.00 bits per heavy atom. The lowest BCUT2D eigenvalue weighted by molar-refractivity contribution is 0.456. The van der Waals surface area contributed by atoms with Gasteiger partial charge in [-0.15, -0.1) is 0 Å². The van der Waals surface area contributed by atoms with Crippen molar-refractivity contribution < 1.29 is 0 Å². The first kappa shape index (κ1) is 14.9. The highest BCUT2D eigenvalue weighted by Crippen LogP contribution is 2.22. The summed E-state index contributed by atoms with van der Waals surface area (Å²) in [7, 11) is 0. The Hall–Kier alpha value is -0.540. The summed E-state index contributed by atoms with van der Waals surface area (Å²) in [5, 5.41) is 7.32. The van der Waals surface area contributed by atoms with Crippen molar-refractivity contribution in [3.05, 3.63) is 28.2 Å². The third-order valence-corrected chi connectivity index (χ3v) is 4.38. The average Bonchev–Trinajstić information content (AvgIpc) is 2.61.